The fourth-order valence-electron chi connectivity index (χ4n) is 2.30. The molecule has 1 heterocycles. The van der Waals surface area contributed by atoms with E-state index in [0.717, 1.165) is 11.1 Å². The number of nitriles is 1. The van der Waals surface area contributed by atoms with E-state index in [1.807, 2.05) is 6.07 Å². The Labute approximate surface area is 138 Å². The summed E-state index contributed by atoms with van der Waals surface area (Å²) in [7, 11) is 0. The molecule has 0 fully saturated rings. The van der Waals surface area contributed by atoms with Crippen molar-refractivity contribution in [1.29, 1.82) is 5.26 Å². The van der Waals surface area contributed by atoms with Gasteiger partial charge in [0.1, 0.15) is 23.6 Å². The van der Waals surface area contributed by atoms with Crippen molar-refractivity contribution in [3.63, 3.8) is 0 Å². The van der Waals surface area contributed by atoms with Crippen LogP contribution in [0.25, 0.3) is 11.3 Å². The van der Waals surface area contributed by atoms with Crippen LogP contribution in [0.1, 0.15) is 17.0 Å². The molecule has 0 saturated heterocycles. The normalized spacial score (nSPS) is 10.3. The lowest BCUT2D eigenvalue weighted by Gasteiger charge is -1.99. The van der Waals surface area contributed by atoms with Gasteiger partial charge < -0.3 is 4.42 Å². The highest BCUT2D eigenvalue weighted by atomic mass is 19.1. The zero-order valence-electron chi connectivity index (χ0n) is 12.7. The SMILES string of the molecule is N#Cc1ccc(CC(=O)Cc2nc(-c3ccc(F)cc3)co2)cc1. The Morgan fingerprint density at radius 2 is 1.79 bits per heavy atom. The monoisotopic (exact) mass is 320 g/mol. The van der Waals surface area contributed by atoms with Gasteiger partial charge in [-0.05, 0) is 42.0 Å². The second-order valence-corrected chi connectivity index (χ2v) is 5.33. The molecular weight excluding hydrogens is 307 g/mol. The summed E-state index contributed by atoms with van der Waals surface area (Å²) in [6, 6.07) is 14.8. The summed E-state index contributed by atoms with van der Waals surface area (Å²) in [5, 5.41) is 8.76. The van der Waals surface area contributed by atoms with Gasteiger partial charge in [-0.3, -0.25) is 4.79 Å². The van der Waals surface area contributed by atoms with Crippen LogP contribution in [0, 0.1) is 17.1 Å². The first-order chi connectivity index (χ1) is 11.6. The van der Waals surface area contributed by atoms with E-state index in [9.17, 15) is 9.18 Å². The standard InChI is InChI=1S/C19H13FN2O2/c20-16-7-5-15(6-8-16)18-12-24-19(22-18)10-17(23)9-13-1-3-14(11-21)4-2-13/h1-8,12H,9-10H2. The van der Waals surface area contributed by atoms with Crippen molar-refractivity contribution < 1.29 is 13.6 Å². The number of benzene rings is 2. The van der Waals surface area contributed by atoms with Gasteiger partial charge in [0.15, 0.2) is 0 Å². The van der Waals surface area contributed by atoms with Crippen molar-refractivity contribution in [1.82, 2.24) is 4.98 Å². The van der Waals surface area contributed by atoms with Crippen LogP contribution in [0.3, 0.4) is 0 Å². The molecule has 0 radical (unpaired) electrons. The maximum absolute atomic E-state index is 12.9. The molecule has 0 atom stereocenters. The molecule has 3 rings (SSSR count). The quantitative estimate of drug-likeness (QED) is 0.719. The largest absolute Gasteiger partial charge is 0.448 e. The van der Waals surface area contributed by atoms with Crippen LogP contribution in [0.5, 0.6) is 0 Å². The first kappa shape index (κ1) is 15.6. The second kappa shape index (κ2) is 6.88. The Kier molecular flexibility index (Phi) is 4.48. The van der Waals surface area contributed by atoms with Gasteiger partial charge in [-0.25, -0.2) is 9.37 Å². The van der Waals surface area contributed by atoms with Crippen LogP contribution < -0.4 is 0 Å². The molecule has 4 nitrogen and oxygen atoms in total. The van der Waals surface area contributed by atoms with E-state index in [4.69, 9.17) is 9.68 Å². The second-order valence-electron chi connectivity index (χ2n) is 5.33. The van der Waals surface area contributed by atoms with E-state index in [1.54, 1.807) is 36.4 Å². The topological polar surface area (TPSA) is 66.9 Å². The highest BCUT2D eigenvalue weighted by Crippen LogP contribution is 2.19. The minimum atomic E-state index is -0.319. The summed E-state index contributed by atoms with van der Waals surface area (Å²) in [6.45, 7) is 0. The summed E-state index contributed by atoms with van der Waals surface area (Å²) >= 11 is 0. The number of halogens is 1. The van der Waals surface area contributed by atoms with Crippen molar-refractivity contribution in [3.05, 3.63) is 77.6 Å². The van der Waals surface area contributed by atoms with Crippen LogP contribution in [0.4, 0.5) is 4.39 Å². The summed E-state index contributed by atoms with van der Waals surface area (Å²) < 4.78 is 18.3. The van der Waals surface area contributed by atoms with E-state index < -0.39 is 0 Å². The number of ketones is 1. The van der Waals surface area contributed by atoms with E-state index >= 15 is 0 Å². The van der Waals surface area contributed by atoms with Gasteiger partial charge in [0.2, 0.25) is 5.89 Å². The van der Waals surface area contributed by atoms with Crippen molar-refractivity contribution >= 4 is 5.78 Å². The third-order valence-corrected chi connectivity index (χ3v) is 3.52. The predicted octanol–water partition coefficient (Wildman–Crippen LogP) is 3.71. The minimum absolute atomic E-state index is 0.0350. The molecule has 5 heteroatoms. The number of hydrogen-bond acceptors (Lipinski definition) is 4. The number of hydrogen-bond donors (Lipinski definition) is 0. The molecule has 2 aromatic carbocycles. The number of oxazole rings is 1. The zero-order valence-corrected chi connectivity index (χ0v) is 12.7. The van der Waals surface area contributed by atoms with Crippen LogP contribution in [-0.2, 0) is 17.6 Å². The number of rotatable bonds is 5. The molecule has 3 aromatic rings. The fraction of sp³-hybridized carbons (Fsp3) is 0.105. The molecule has 0 saturated carbocycles. The van der Waals surface area contributed by atoms with Gasteiger partial charge in [-0.15, -0.1) is 0 Å². The molecule has 0 aliphatic heterocycles. The molecule has 0 spiro atoms. The smallest absolute Gasteiger partial charge is 0.202 e. The van der Waals surface area contributed by atoms with Gasteiger partial charge in [-0.2, -0.15) is 5.26 Å². The number of carbonyl (C=O) groups excluding carboxylic acids is 1. The van der Waals surface area contributed by atoms with Gasteiger partial charge >= 0.3 is 0 Å². The molecule has 0 N–H and O–H groups in total. The molecule has 0 unspecified atom stereocenters. The van der Waals surface area contributed by atoms with Crippen LogP contribution in [0.2, 0.25) is 0 Å². The Hall–Kier alpha value is -3.26. The number of carbonyl (C=O) groups is 1. The molecule has 0 aliphatic carbocycles. The maximum Gasteiger partial charge on any atom is 0.202 e. The Balaban J connectivity index is 1.64. The molecule has 1 aromatic heterocycles. The molecule has 0 amide bonds. The lowest BCUT2D eigenvalue weighted by atomic mass is 10.1. The van der Waals surface area contributed by atoms with E-state index in [1.165, 1.54) is 18.4 Å². The van der Waals surface area contributed by atoms with Crippen molar-refractivity contribution in [3.8, 4) is 17.3 Å². The third-order valence-electron chi connectivity index (χ3n) is 3.52. The molecule has 24 heavy (non-hydrogen) atoms. The lowest BCUT2D eigenvalue weighted by molar-refractivity contribution is -0.118. The predicted molar refractivity (Wildman–Crippen MR) is 85.5 cm³/mol. The van der Waals surface area contributed by atoms with Crippen LogP contribution in [-0.4, -0.2) is 10.8 Å². The van der Waals surface area contributed by atoms with Gasteiger partial charge in [0.05, 0.1) is 18.1 Å². The average Bonchev–Trinajstić information content (AvgIpc) is 3.04. The van der Waals surface area contributed by atoms with Gasteiger partial charge in [0.25, 0.3) is 0 Å². The first-order valence-electron chi connectivity index (χ1n) is 7.35. The third kappa shape index (κ3) is 3.73. The van der Waals surface area contributed by atoms with Gasteiger partial charge in [0, 0.05) is 12.0 Å². The number of aromatic nitrogens is 1. The highest BCUT2D eigenvalue weighted by Gasteiger charge is 2.12. The van der Waals surface area contributed by atoms with Crippen molar-refractivity contribution in [2.24, 2.45) is 0 Å². The summed E-state index contributed by atoms with van der Waals surface area (Å²) in [6.07, 6.45) is 1.79. The fourth-order valence-corrected chi connectivity index (χ4v) is 2.30. The Morgan fingerprint density at radius 1 is 1.08 bits per heavy atom. The average molecular weight is 320 g/mol. The molecular formula is C19H13FN2O2. The number of Topliss-reactive ketones (excluding diaryl/α,β-unsaturated/α-hetero) is 1. The number of nitrogens with zero attached hydrogens (tertiary/aromatic N) is 2. The van der Waals surface area contributed by atoms with E-state index in [0.29, 0.717) is 17.1 Å². The Morgan fingerprint density at radius 3 is 2.46 bits per heavy atom. The highest BCUT2D eigenvalue weighted by molar-refractivity contribution is 5.82. The maximum atomic E-state index is 12.9. The minimum Gasteiger partial charge on any atom is -0.448 e. The molecule has 0 aliphatic rings. The summed E-state index contributed by atoms with van der Waals surface area (Å²) in [5.74, 6) is -0.0275. The van der Waals surface area contributed by atoms with Crippen LogP contribution >= 0.6 is 0 Å². The summed E-state index contributed by atoms with van der Waals surface area (Å²) in [4.78, 5) is 16.4. The summed E-state index contributed by atoms with van der Waals surface area (Å²) in [5.41, 5.74) is 2.69. The zero-order chi connectivity index (χ0) is 16.9. The van der Waals surface area contributed by atoms with E-state index in [2.05, 4.69) is 4.98 Å². The van der Waals surface area contributed by atoms with E-state index in [-0.39, 0.29) is 24.4 Å². The van der Waals surface area contributed by atoms with Gasteiger partial charge in [-0.1, -0.05) is 12.1 Å². The lowest BCUT2D eigenvalue weighted by Crippen LogP contribution is -2.06. The first-order valence-corrected chi connectivity index (χ1v) is 7.35. The molecule has 0 bridgehead atoms. The molecule has 118 valence electrons. The Bertz CT molecular complexity index is 890. The van der Waals surface area contributed by atoms with Crippen LogP contribution in [0.15, 0.2) is 59.2 Å². The van der Waals surface area contributed by atoms with Crippen molar-refractivity contribution in [2.75, 3.05) is 0 Å². The van der Waals surface area contributed by atoms with Crippen molar-refractivity contribution in [2.45, 2.75) is 12.8 Å².